The fraction of sp³-hybridized carbons (Fsp3) is 0.800. The van der Waals surface area contributed by atoms with E-state index in [9.17, 15) is 61.0 Å². The fourth-order valence-electron chi connectivity index (χ4n) is 10.6. The average molecular weight is 1200 g/mol. The molecule has 0 saturated carbocycles. The minimum Gasteiger partial charge on any atom is -0.394 e. The number of amides is 1. The molecule has 17 unspecified atom stereocenters. The van der Waals surface area contributed by atoms with E-state index in [0.29, 0.717) is 12.8 Å². The first kappa shape index (κ1) is 75.5. The van der Waals surface area contributed by atoms with Gasteiger partial charge in [-0.25, -0.2) is 0 Å². The number of carbonyl (C=O) groups excluding carboxylic acids is 1. The van der Waals surface area contributed by atoms with Crippen LogP contribution in [0.5, 0.6) is 0 Å². The number of unbranched alkanes of at least 4 members (excludes halogenated alkanes) is 19. The summed E-state index contributed by atoms with van der Waals surface area (Å²) in [4.78, 5) is 13.3. The highest BCUT2D eigenvalue weighted by atomic mass is 16.8. The van der Waals surface area contributed by atoms with Crippen LogP contribution in [0, 0.1) is 0 Å². The van der Waals surface area contributed by atoms with Crippen molar-refractivity contribution in [1.29, 1.82) is 0 Å². The Labute approximate surface area is 502 Å². The van der Waals surface area contributed by atoms with Crippen LogP contribution in [0.4, 0.5) is 0 Å². The van der Waals surface area contributed by atoms with Gasteiger partial charge in [0, 0.05) is 6.42 Å². The van der Waals surface area contributed by atoms with E-state index >= 15 is 0 Å². The third-order valence-corrected chi connectivity index (χ3v) is 15.8. The van der Waals surface area contributed by atoms with Crippen LogP contribution in [0.1, 0.15) is 200 Å². The summed E-state index contributed by atoms with van der Waals surface area (Å²) < 4.78 is 34.2. The number of hydrogen-bond acceptors (Lipinski definition) is 18. The lowest BCUT2D eigenvalue weighted by atomic mass is 9.96. The van der Waals surface area contributed by atoms with Crippen molar-refractivity contribution in [2.75, 3.05) is 26.4 Å². The van der Waals surface area contributed by atoms with Crippen molar-refractivity contribution in [3.05, 3.63) is 72.9 Å². The van der Waals surface area contributed by atoms with E-state index in [0.717, 1.165) is 96.3 Å². The number of aliphatic hydroxyl groups is 11. The summed E-state index contributed by atoms with van der Waals surface area (Å²) in [6, 6.07) is -0.889. The molecule has 3 heterocycles. The summed E-state index contributed by atoms with van der Waals surface area (Å²) in [6.07, 6.45) is 30.2. The first-order valence-electron chi connectivity index (χ1n) is 32.2. The van der Waals surface area contributed by atoms with Crippen molar-refractivity contribution in [3.63, 3.8) is 0 Å². The number of rotatable bonds is 47. The summed E-state index contributed by atoms with van der Waals surface area (Å²) in [5.41, 5.74) is 0. The number of hydrogen-bond donors (Lipinski definition) is 12. The zero-order valence-electron chi connectivity index (χ0n) is 50.9. The van der Waals surface area contributed by atoms with Gasteiger partial charge in [-0.15, -0.1) is 0 Å². The largest absolute Gasteiger partial charge is 0.394 e. The molecule has 0 aromatic heterocycles. The monoisotopic (exact) mass is 1200 g/mol. The molecule has 0 bridgehead atoms. The molecule has 3 rings (SSSR count). The smallest absolute Gasteiger partial charge is 0.220 e. The molecule has 3 aliphatic rings. The predicted molar refractivity (Wildman–Crippen MR) is 323 cm³/mol. The Morgan fingerprint density at radius 2 is 0.821 bits per heavy atom. The molecule has 0 spiro atoms. The molecule has 3 saturated heterocycles. The Hall–Kier alpha value is -2.77. The Bertz CT molecular complexity index is 1810. The van der Waals surface area contributed by atoms with E-state index in [1.807, 2.05) is 0 Å². The molecule has 0 aliphatic carbocycles. The van der Waals surface area contributed by atoms with Crippen LogP contribution in [-0.2, 0) is 33.2 Å². The summed E-state index contributed by atoms with van der Waals surface area (Å²) in [5, 5.41) is 120. The van der Waals surface area contributed by atoms with Crippen LogP contribution in [0.3, 0.4) is 0 Å². The van der Waals surface area contributed by atoms with E-state index in [2.05, 4.69) is 92.1 Å². The van der Waals surface area contributed by atoms with Gasteiger partial charge in [0.1, 0.15) is 73.2 Å². The fourth-order valence-corrected chi connectivity index (χ4v) is 10.6. The molecule has 19 nitrogen and oxygen atoms in total. The molecule has 3 fully saturated rings. The molecule has 0 aromatic carbocycles. The minimum atomic E-state index is -1.97. The third-order valence-electron chi connectivity index (χ3n) is 15.8. The van der Waals surface area contributed by atoms with E-state index in [-0.39, 0.29) is 18.9 Å². The first-order chi connectivity index (χ1) is 40.8. The quantitative estimate of drug-likeness (QED) is 0.0216. The minimum absolute atomic E-state index is 0.252. The van der Waals surface area contributed by atoms with Gasteiger partial charge in [-0.05, 0) is 64.2 Å². The van der Waals surface area contributed by atoms with Gasteiger partial charge in [-0.3, -0.25) is 4.79 Å². The Balaban J connectivity index is 1.35. The summed E-state index contributed by atoms with van der Waals surface area (Å²) in [5.74, 6) is -0.252. The van der Waals surface area contributed by atoms with Crippen molar-refractivity contribution in [1.82, 2.24) is 5.32 Å². The molecule has 486 valence electrons. The molecular formula is C65H113NO18. The maximum absolute atomic E-state index is 13.3. The van der Waals surface area contributed by atoms with Crippen molar-refractivity contribution in [2.45, 2.75) is 304 Å². The van der Waals surface area contributed by atoms with Gasteiger partial charge in [-0.1, -0.05) is 202 Å². The highest BCUT2D eigenvalue weighted by molar-refractivity contribution is 5.76. The lowest BCUT2D eigenvalue weighted by Gasteiger charge is -2.48. The van der Waals surface area contributed by atoms with Crippen LogP contribution >= 0.6 is 0 Å². The summed E-state index contributed by atoms with van der Waals surface area (Å²) >= 11 is 0. The Morgan fingerprint density at radius 1 is 0.440 bits per heavy atom. The topological polar surface area (TPSA) is 307 Å². The molecule has 84 heavy (non-hydrogen) atoms. The molecular weight excluding hydrogens is 1080 g/mol. The maximum Gasteiger partial charge on any atom is 0.220 e. The summed E-state index contributed by atoms with van der Waals surface area (Å²) in [7, 11) is 0. The van der Waals surface area contributed by atoms with E-state index in [1.165, 1.54) is 70.6 Å². The van der Waals surface area contributed by atoms with Crippen LogP contribution in [0.15, 0.2) is 72.9 Å². The molecule has 1 amide bonds. The molecule has 3 aliphatic heterocycles. The van der Waals surface area contributed by atoms with E-state index < -0.39 is 124 Å². The number of allylic oxidation sites excluding steroid dienone is 12. The zero-order valence-corrected chi connectivity index (χ0v) is 50.9. The second-order valence-electron chi connectivity index (χ2n) is 22.8. The van der Waals surface area contributed by atoms with E-state index in [1.54, 1.807) is 0 Å². The molecule has 19 heteroatoms. The zero-order chi connectivity index (χ0) is 61.2. The lowest BCUT2D eigenvalue weighted by Crippen LogP contribution is -2.66. The van der Waals surface area contributed by atoms with Crippen LogP contribution < -0.4 is 5.32 Å². The van der Waals surface area contributed by atoms with Gasteiger partial charge >= 0.3 is 0 Å². The van der Waals surface area contributed by atoms with Crippen LogP contribution in [0.2, 0.25) is 0 Å². The SMILES string of the molecule is CC/C=C\C/C=C\C/C=C\C/C=C\C/C=C\C/C=C\CCCCCCCCCCCCCCC(=O)NC(COC1OC(CO)C(OC2OC(CO)C(OC3OC(CO)C(O)C(O)C3O)C(O)C2O)C(O)C1O)C(O)CCCCCCCCCC. The number of carbonyl (C=O) groups is 1. The number of nitrogens with one attached hydrogen (secondary N) is 1. The third kappa shape index (κ3) is 30.0. The van der Waals surface area contributed by atoms with Crippen molar-refractivity contribution < 1.29 is 89.4 Å². The Kier molecular flexibility index (Phi) is 42.5. The first-order valence-corrected chi connectivity index (χ1v) is 32.2. The van der Waals surface area contributed by atoms with Gasteiger partial charge in [0.2, 0.25) is 5.91 Å². The number of aliphatic hydroxyl groups excluding tert-OH is 11. The van der Waals surface area contributed by atoms with Gasteiger partial charge < -0.3 is 89.9 Å². The average Bonchev–Trinajstić information content (AvgIpc) is 2.91. The molecule has 0 aromatic rings. The van der Waals surface area contributed by atoms with Crippen LogP contribution in [-0.4, -0.2) is 193 Å². The summed E-state index contributed by atoms with van der Waals surface area (Å²) in [6.45, 7) is 1.61. The number of ether oxygens (including phenoxy) is 6. The van der Waals surface area contributed by atoms with Gasteiger partial charge in [0.25, 0.3) is 0 Å². The van der Waals surface area contributed by atoms with Crippen molar-refractivity contribution in [3.8, 4) is 0 Å². The van der Waals surface area contributed by atoms with Gasteiger partial charge in [0.05, 0.1) is 38.6 Å². The van der Waals surface area contributed by atoms with Crippen LogP contribution in [0.25, 0.3) is 0 Å². The second kappa shape index (κ2) is 47.3. The normalized spacial score (nSPS) is 29.7. The predicted octanol–water partition coefficient (Wildman–Crippen LogP) is 6.99. The molecule has 17 atom stereocenters. The standard InChI is InChI=1S/C65H113NO18/c1-3-5-7-9-11-13-14-15-16-17-18-19-20-21-22-23-24-25-26-27-28-29-30-31-32-33-34-35-37-39-41-43-53(71)66-48(49(70)42-40-38-36-12-10-8-6-4-2)47-79-63-59(77)56(74)61(51(45-68)81-63)84-65-60(78)57(75)62(52(46-69)82-65)83-64-58(76)55(73)54(72)50(44-67)80-64/h5,7,11,13,15-16,18-19,21-22,24-25,48-52,54-65,67-70,72-78H,3-4,6,8-10,12,14,17,20,23,26-47H2,1-2H3,(H,66,71)/b7-5-,13-11-,16-15-,19-18-,22-21-,25-24-. The van der Waals surface area contributed by atoms with Gasteiger partial charge in [0.15, 0.2) is 18.9 Å². The second-order valence-corrected chi connectivity index (χ2v) is 22.8. The van der Waals surface area contributed by atoms with E-state index in [4.69, 9.17) is 28.4 Å². The van der Waals surface area contributed by atoms with Crippen molar-refractivity contribution in [2.24, 2.45) is 0 Å². The van der Waals surface area contributed by atoms with Crippen molar-refractivity contribution >= 4 is 5.91 Å². The molecule has 0 radical (unpaired) electrons. The molecule has 12 N–H and O–H groups in total. The van der Waals surface area contributed by atoms with Gasteiger partial charge in [-0.2, -0.15) is 0 Å². The highest BCUT2D eigenvalue weighted by Crippen LogP contribution is 2.33. The highest BCUT2D eigenvalue weighted by Gasteiger charge is 2.53. The maximum atomic E-state index is 13.3. The Morgan fingerprint density at radius 3 is 1.29 bits per heavy atom. The lowest BCUT2D eigenvalue weighted by molar-refractivity contribution is -0.379.